The van der Waals surface area contributed by atoms with Crippen LogP contribution in [-0.2, 0) is 5.41 Å². The van der Waals surface area contributed by atoms with Crippen molar-refractivity contribution >= 4 is 5.91 Å². The Morgan fingerprint density at radius 3 is 2.80 bits per heavy atom. The van der Waals surface area contributed by atoms with Crippen LogP contribution >= 0.6 is 0 Å². The Morgan fingerprint density at radius 2 is 2.12 bits per heavy atom. The average Bonchev–Trinajstić information content (AvgIpc) is 3.11. The number of hydrogen-bond acceptors (Lipinski definition) is 5. The highest BCUT2D eigenvalue weighted by Crippen LogP contribution is 2.31. The van der Waals surface area contributed by atoms with Crippen LogP contribution in [0.4, 0.5) is 0 Å². The lowest BCUT2D eigenvalue weighted by molar-refractivity contribution is 0.0621. The van der Waals surface area contributed by atoms with Crippen molar-refractivity contribution in [1.29, 1.82) is 0 Å². The first-order chi connectivity index (χ1) is 11.9. The Morgan fingerprint density at radius 1 is 1.36 bits per heavy atom. The minimum atomic E-state index is -0.183. The lowest BCUT2D eigenvalue weighted by atomic mass is 9.93. The molecule has 25 heavy (non-hydrogen) atoms. The van der Waals surface area contributed by atoms with Gasteiger partial charge in [-0.15, -0.1) is 0 Å². The number of amides is 1. The Hall–Kier alpha value is -2.34. The quantitative estimate of drug-likeness (QED) is 0.928. The minimum absolute atomic E-state index is 0.104. The van der Waals surface area contributed by atoms with E-state index in [4.69, 9.17) is 9.26 Å². The number of aromatic nitrogens is 1. The Kier molecular flexibility index (Phi) is 4.81. The smallest absolute Gasteiger partial charge is 0.276 e. The summed E-state index contributed by atoms with van der Waals surface area (Å²) in [5.74, 6) is 1.38. The van der Waals surface area contributed by atoms with Gasteiger partial charge in [-0.3, -0.25) is 4.79 Å². The van der Waals surface area contributed by atoms with Gasteiger partial charge in [-0.1, -0.05) is 44.1 Å². The third-order valence-corrected chi connectivity index (χ3v) is 4.47. The largest absolute Gasteiger partial charge is 0.496 e. The maximum Gasteiger partial charge on any atom is 0.276 e. The van der Waals surface area contributed by atoms with Crippen LogP contribution in [0.5, 0.6) is 5.75 Å². The molecule has 1 aromatic heterocycles. The van der Waals surface area contributed by atoms with Gasteiger partial charge in [0.05, 0.1) is 13.2 Å². The van der Waals surface area contributed by atoms with Crippen molar-refractivity contribution in [1.82, 2.24) is 15.4 Å². The second-order valence-electron chi connectivity index (χ2n) is 7.29. The molecule has 0 saturated carbocycles. The maximum absolute atomic E-state index is 13.1. The van der Waals surface area contributed by atoms with Crippen LogP contribution in [0.2, 0.25) is 0 Å². The molecule has 134 valence electrons. The van der Waals surface area contributed by atoms with E-state index in [0.717, 1.165) is 17.9 Å². The van der Waals surface area contributed by atoms with Gasteiger partial charge in [0.25, 0.3) is 5.91 Å². The number of piperazine rings is 1. The summed E-state index contributed by atoms with van der Waals surface area (Å²) in [5, 5.41) is 7.37. The molecule has 6 nitrogen and oxygen atoms in total. The number of rotatable bonds is 3. The van der Waals surface area contributed by atoms with Crippen molar-refractivity contribution in [3.05, 3.63) is 47.3 Å². The molecule has 0 radical (unpaired) electrons. The third kappa shape index (κ3) is 3.54. The molecule has 1 unspecified atom stereocenters. The molecule has 1 aliphatic heterocycles. The van der Waals surface area contributed by atoms with Gasteiger partial charge in [0.1, 0.15) is 11.5 Å². The fraction of sp³-hybridized carbons (Fsp3) is 0.474. The fourth-order valence-corrected chi connectivity index (χ4v) is 3.04. The summed E-state index contributed by atoms with van der Waals surface area (Å²) in [6.07, 6.45) is 0. The molecule has 1 atom stereocenters. The van der Waals surface area contributed by atoms with Gasteiger partial charge in [0.15, 0.2) is 5.69 Å². The Bertz CT molecular complexity index is 748. The predicted octanol–water partition coefficient (Wildman–Crippen LogP) is 2.77. The summed E-state index contributed by atoms with van der Waals surface area (Å²) in [5.41, 5.74) is 1.16. The molecule has 6 heteroatoms. The lowest BCUT2D eigenvalue weighted by Crippen LogP contribution is -2.48. The molecule has 0 bridgehead atoms. The van der Waals surface area contributed by atoms with E-state index in [9.17, 15) is 4.79 Å². The zero-order valence-corrected chi connectivity index (χ0v) is 15.2. The summed E-state index contributed by atoms with van der Waals surface area (Å²) in [7, 11) is 1.65. The molecule has 2 heterocycles. The zero-order chi connectivity index (χ0) is 18.0. The molecule has 3 rings (SSSR count). The molecular formula is C19H25N3O3. The molecule has 1 aliphatic rings. The number of nitrogens with zero attached hydrogens (tertiary/aromatic N) is 2. The van der Waals surface area contributed by atoms with E-state index < -0.39 is 0 Å². The SMILES string of the molecule is COc1ccccc1C1CNCCN1C(=O)c1cc(C(C)(C)C)on1. The first-order valence-electron chi connectivity index (χ1n) is 8.53. The highest BCUT2D eigenvalue weighted by molar-refractivity contribution is 5.92. The summed E-state index contributed by atoms with van der Waals surface area (Å²) in [6.45, 7) is 8.13. The lowest BCUT2D eigenvalue weighted by Gasteiger charge is -2.36. The van der Waals surface area contributed by atoms with E-state index in [0.29, 0.717) is 24.5 Å². The Labute approximate surface area is 148 Å². The van der Waals surface area contributed by atoms with Gasteiger partial charge in [0, 0.05) is 36.7 Å². The van der Waals surface area contributed by atoms with Crippen LogP contribution in [0.15, 0.2) is 34.9 Å². The summed E-state index contributed by atoms with van der Waals surface area (Å²) in [6, 6.07) is 9.46. The van der Waals surface area contributed by atoms with Gasteiger partial charge in [-0.25, -0.2) is 0 Å². The predicted molar refractivity (Wildman–Crippen MR) is 94.8 cm³/mol. The minimum Gasteiger partial charge on any atom is -0.496 e. The zero-order valence-electron chi connectivity index (χ0n) is 15.2. The number of para-hydroxylation sites is 1. The molecule has 1 fully saturated rings. The highest BCUT2D eigenvalue weighted by atomic mass is 16.5. The number of nitrogens with one attached hydrogen (secondary N) is 1. The number of carbonyl (C=O) groups is 1. The maximum atomic E-state index is 13.1. The molecule has 1 N–H and O–H groups in total. The molecule has 1 aromatic carbocycles. The van der Waals surface area contributed by atoms with Gasteiger partial charge in [-0.05, 0) is 6.07 Å². The van der Waals surface area contributed by atoms with Crippen molar-refractivity contribution in [2.45, 2.75) is 32.2 Å². The Balaban J connectivity index is 1.90. The first-order valence-corrected chi connectivity index (χ1v) is 8.53. The number of carbonyl (C=O) groups excluding carboxylic acids is 1. The summed E-state index contributed by atoms with van der Waals surface area (Å²) < 4.78 is 10.9. The van der Waals surface area contributed by atoms with E-state index in [2.05, 4.69) is 10.5 Å². The van der Waals surface area contributed by atoms with Crippen molar-refractivity contribution in [3.63, 3.8) is 0 Å². The van der Waals surface area contributed by atoms with Gasteiger partial charge < -0.3 is 19.5 Å². The third-order valence-electron chi connectivity index (χ3n) is 4.47. The van der Waals surface area contributed by atoms with Crippen LogP contribution in [0, 0.1) is 0 Å². The number of benzene rings is 1. The van der Waals surface area contributed by atoms with Crippen LogP contribution in [0.1, 0.15) is 48.6 Å². The van der Waals surface area contributed by atoms with Gasteiger partial charge >= 0.3 is 0 Å². The van der Waals surface area contributed by atoms with Gasteiger partial charge in [-0.2, -0.15) is 0 Å². The molecule has 0 spiro atoms. The van der Waals surface area contributed by atoms with Crippen molar-refractivity contribution < 1.29 is 14.1 Å². The van der Waals surface area contributed by atoms with Crippen molar-refractivity contribution in [3.8, 4) is 5.75 Å². The number of methoxy groups -OCH3 is 1. The topological polar surface area (TPSA) is 67.6 Å². The summed E-state index contributed by atoms with van der Waals surface area (Å²) >= 11 is 0. The monoisotopic (exact) mass is 343 g/mol. The van der Waals surface area contributed by atoms with E-state index in [-0.39, 0.29) is 17.4 Å². The van der Waals surface area contributed by atoms with Crippen LogP contribution < -0.4 is 10.1 Å². The second kappa shape index (κ2) is 6.88. The highest BCUT2D eigenvalue weighted by Gasteiger charge is 2.32. The van der Waals surface area contributed by atoms with E-state index in [1.54, 1.807) is 13.2 Å². The molecule has 1 amide bonds. The van der Waals surface area contributed by atoms with Gasteiger partial charge in [0.2, 0.25) is 0 Å². The fourth-order valence-electron chi connectivity index (χ4n) is 3.04. The number of hydrogen-bond donors (Lipinski definition) is 1. The second-order valence-corrected chi connectivity index (χ2v) is 7.29. The van der Waals surface area contributed by atoms with Crippen LogP contribution in [0.25, 0.3) is 0 Å². The van der Waals surface area contributed by atoms with E-state index >= 15 is 0 Å². The van der Waals surface area contributed by atoms with Crippen molar-refractivity contribution in [2.24, 2.45) is 0 Å². The van der Waals surface area contributed by atoms with Crippen molar-refractivity contribution in [2.75, 3.05) is 26.7 Å². The molecule has 0 aliphatic carbocycles. The van der Waals surface area contributed by atoms with E-state index in [1.807, 2.05) is 49.9 Å². The summed E-state index contributed by atoms with van der Waals surface area (Å²) in [4.78, 5) is 14.9. The van der Waals surface area contributed by atoms with E-state index in [1.165, 1.54) is 0 Å². The van der Waals surface area contributed by atoms with Crippen LogP contribution in [-0.4, -0.2) is 42.7 Å². The van der Waals surface area contributed by atoms with Crippen LogP contribution in [0.3, 0.4) is 0 Å². The first kappa shape index (κ1) is 17.5. The molecule has 1 saturated heterocycles. The molecule has 2 aromatic rings. The molecular weight excluding hydrogens is 318 g/mol. The normalized spacial score (nSPS) is 18.2. The average molecular weight is 343 g/mol. The standard InChI is InChI=1S/C19H25N3O3/c1-19(2,3)17-11-14(21-25-17)18(23)22-10-9-20-12-15(22)13-7-5-6-8-16(13)24-4/h5-8,11,15,20H,9-10,12H2,1-4H3. The number of ether oxygens (including phenoxy) is 1.